The number of benzene rings is 1. The van der Waals surface area contributed by atoms with Crippen LogP contribution in [0.5, 0.6) is 11.8 Å². The van der Waals surface area contributed by atoms with E-state index >= 15 is 0 Å². The quantitative estimate of drug-likeness (QED) is 0.744. The predicted molar refractivity (Wildman–Crippen MR) is 80.3 cm³/mol. The number of nitrogens with one attached hydrogen (secondary N) is 2. The molecule has 1 aromatic carbocycles. The van der Waals surface area contributed by atoms with Crippen molar-refractivity contribution in [2.75, 3.05) is 25.5 Å². The lowest BCUT2D eigenvalue weighted by Gasteiger charge is -2.14. The topological polar surface area (TPSA) is 79.3 Å². The molecule has 1 aliphatic heterocycles. The van der Waals surface area contributed by atoms with E-state index in [4.69, 9.17) is 4.74 Å². The molecular weight excluding hydrogens is 268 g/mol. The molecule has 2 heterocycles. The van der Waals surface area contributed by atoms with Gasteiger partial charge in [-0.15, -0.1) is 0 Å². The molecule has 0 unspecified atom stereocenters. The van der Waals surface area contributed by atoms with Crippen molar-refractivity contribution in [3.63, 3.8) is 0 Å². The highest BCUT2D eigenvalue weighted by Crippen LogP contribution is 2.26. The van der Waals surface area contributed by atoms with E-state index in [0.717, 1.165) is 48.7 Å². The van der Waals surface area contributed by atoms with E-state index in [1.165, 1.54) is 0 Å². The third-order valence-electron chi connectivity index (χ3n) is 3.48. The molecule has 0 saturated carbocycles. The van der Waals surface area contributed by atoms with Crippen molar-refractivity contribution in [1.29, 1.82) is 0 Å². The molecule has 0 fully saturated rings. The number of hydrogen-bond donors (Lipinski definition) is 3. The Morgan fingerprint density at radius 3 is 2.67 bits per heavy atom. The van der Waals surface area contributed by atoms with E-state index in [2.05, 4.69) is 20.6 Å². The number of fused-ring (bicyclic) bond motifs is 1. The van der Waals surface area contributed by atoms with Crippen LogP contribution in [-0.2, 0) is 12.8 Å². The summed E-state index contributed by atoms with van der Waals surface area (Å²) < 4.78 is 5.20. The summed E-state index contributed by atoms with van der Waals surface area (Å²) in [7, 11) is 1.57. The average Bonchev–Trinajstić information content (AvgIpc) is 2.75. The highest BCUT2D eigenvalue weighted by atomic mass is 16.5. The first-order valence-electron chi connectivity index (χ1n) is 6.97. The molecule has 0 bridgehead atoms. The summed E-state index contributed by atoms with van der Waals surface area (Å²) in [6, 6.07) is 7.27. The first-order chi connectivity index (χ1) is 10.3. The van der Waals surface area contributed by atoms with E-state index in [1.807, 2.05) is 12.1 Å². The van der Waals surface area contributed by atoms with E-state index < -0.39 is 0 Å². The van der Waals surface area contributed by atoms with Gasteiger partial charge in [-0.3, -0.25) is 0 Å². The number of methoxy groups -OCH3 is 1. The second-order valence-corrected chi connectivity index (χ2v) is 4.91. The van der Waals surface area contributed by atoms with Gasteiger partial charge in [0.25, 0.3) is 0 Å². The van der Waals surface area contributed by atoms with E-state index in [0.29, 0.717) is 6.01 Å². The summed E-state index contributed by atoms with van der Waals surface area (Å²) in [6.45, 7) is 1.82. The summed E-state index contributed by atoms with van der Waals surface area (Å²) in [5.74, 6) is 1.01. The fraction of sp³-hybridized carbons (Fsp3) is 0.333. The molecule has 3 N–H and O–H groups in total. The van der Waals surface area contributed by atoms with Crippen LogP contribution < -0.4 is 15.4 Å². The average molecular weight is 286 g/mol. The van der Waals surface area contributed by atoms with Gasteiger partial charge in [0.2, 0.25) is 0 Å². The zero-order valence-corrected chi connectivity index (χ0v) is 11.9. The van der Waals surface area contributed by atoms with Gasteiger partial charge < -0.3 is 20.5 Å². The van der Waals surface area contributed by atoms with Gasteiger partial charge in [0.1, 0.15) is 11.6 Å². The van der Waals surface area contributed by atoms with Gasteiger partial charge in [0.05, 0.1) is 12.8 Å². The van der Waals surface area contributed by atoms with Gasteiger partial charge in [-0.2, -0.15) is 9.97 Å². The van der Waals surface area contributed by atoms with Crippen LogP contribution in [0.15, 0.2) is 24.3 Å². The van der Waals surface area contributed by atoms with E-state index in [-0.39, 0.29) is 5.75 Å². The Labute approximate surface area is 123 Å². The molecule has 110 valence electrons. The standard InChI is InChI=1S/C15H18N4O2/c1-21-15-18-13-7-9-16-8-6-12(13)14(19-15)17-10-2-4-11(20)5-3-10/h2-5,16,20H,6-9H2,1H3,(H,17,18,19). The Bertz CT molecular complexity index is 628. The summed E-state index contributed by atoms with van der Waals surface area (Å²) in [6.07, 6.45) is 1.73. The normalized spacial score (nSPS) is 14.1. The number of phenols is 1. The van der Waals surface area contributed by atoms with Crippen molar-refractivity contribution in [3.05, 3.63) is 35.5 Å². The third kappa shape index (κ3) is 3.05. The summed E-state index contributed by atoms with van der Waals surface area (Å²) in [5, 5.41) is 16.0. The van der Waals surface area contributed by atoms with Gasteiger partial charge in [-0.1, -0.05) is 0 Å². The fourth-order valence-electron chi connectivity index (χ4n) is 2.40. The predicted octanol–water partition coefficient (Wildman–Crippen LogP) is 1.62. The molecule has 0 amide bonds. The molecular formula is C15H18N4O2. The number of ether oxygens (including phenoxy) is 1. The minimum absolute atomic E-state index is 0.240. The van der Waals surface area contributed by atoms with Gasteiger partial charge in [0, 0.05) is 24.2 Å². The summed E-state index contributed by atoms with van der Waals surface area (Å²) in [5.41, 5.74) is 3.01. The summed E-state index contributed by atoms with van der Waals surface area (Å²) >= 11 is 0. The second-order valence-electron chi connectivity index (χ2n) is 4.91. The molecule has 1 aliphatic rings. The second kappa shape index (κ2) is 5.97. The van der Waals surface area contributed by atoms with Crippen LogP contribution in [-0.4, -0.2) is 35.3 Å². The number of anilines is 2. The van der Waals surface area contributed by atoms with Crippen LogP contribution in [0, 0.1) is 0 Å². The Morgan fingerprint density at radius 2 is 1.90 bits per heavy atom. The Balaban J connectivity index is 1.97. The largest absolute Gasteiger partial charge is 0.508 e. The van der Waals surface area contributed by atoms with Crippen molar-refractivity contribution >= 4 is 11.5 Å². The Kier molecular flexibility index (Phi) is 3.87. The number of aromatic hydroxyl groups is 1. The number of rotatable bonds is 3. The Morgan fingerprint density at radius 1 is 1.14 bits per heavy atom. The molecule has 0 radical (unpaired) electrons. The van der Waals surface area contributed by atoms with Crippen molar-refractivity contribution in [1.82, 2.24) is 15.3 Å². The Hall–Kier alpha value is -2.34. The molecule has 6 heteroatoms. The maximum Gasteiger partial charge on any atom is 0.318 e. The number of aromatic nitrogens is 2. The van der Waals surface area contributed by atoms with Crippen molar-refractivity contribution in [3.8, 4) is 11.8 Å². The van der Waals surface area contributed by atoms with Gasteiger partial charge in [-0.05, 0) is 37.2 Å². The monoisotopic (exact) mass is 286 g/mol. The number of nitrogens with zero attached hydrogens (tertiary/aromatic N) is 2. The van der Waals surface area contributed by atoms with Crippen LogP contribution in [0.25, 0.3) is 0 Å². The molecule has 0 atom stereocenters. The molecule has 0 aliphatic carbocycles. The first kappa shape index (κ1) is 13.6. The zero-order chi connectivity index (χ0) is 14.7. The van der Waals surface area contributed by atoms with Crippen LogP contribution in [0.1, 0.15) is 11.3 Å². The first-order valence-corrected chi connectivity index (χ1v) is 6.97. The molecule has 3 rings (SSSR count). The maximum absolute atomic E-state index is 9.35. The van der Waals surface area contributed by atoms with Gasteiger partial charge >= 0.3 is 6.01 Å². The van der Waals surface area contributed by atoms with Crippen LogP contribution in [0.2, 0.25) is 0 Å². The van der Waals surface area contributed by atoms with Crippen LogP contribution >= 0.6 is 0 Å². The lowest BCUT2D eigenvalue weighted by atomic mass is 10.1. The van der Waals surface area contributed by atoms with Crippen molar-refractivity contribution < 1.29 is 9.84 Å². The molecule has 0 spiro atoms. The highest BCUT2D eigenvalue weighted by Gasteiger charge is 2.17. The lowest BCUT2D eigenvalue weighted by molar-refractivity contribution is 0.378. The van der Waals surface area contributed by atoms with Crippen molar-refractivity contribution in [2.24, 2.45) is 0 Å². The summed E-state index contributed by atoms with van der Waals surface area (Å²) in [4.78, 5) is 8.88. The van der Waals surface area contributed by atoms with Crippen LogP contribution in [0.3, 0.4) is 0 Å². The van der Waals surface area contributed by atoms with Crippen LogP contribution in [0.4, 0.5) is 11.5 Å². The van der Waals surface area contributed by atoms with Gasteiger partial charge in [0.15, 0.2) is 0 Å². The number of phenolic OH excluding ortho intramolecular Hbond substituents is 1. The number of hydrogen-bond acceptors (Lipinski definition) is 6. The fourth-order valence-corrected chi connectivity index (χ4v) is 2.40. The lowest BCUT2D eigenvalue weighted by Crippen LogP contribution is -2.16. The minimum Gasteiger partial charge on any atom is -0.508 e. The zero-order valence-electron chi connectivity index (χ0n) is 11.9. The molecule has 21 heavy (non-hydrogen) atoms. The molecule has 1 aromatic heterocycles. The maximum atomic E-state index is 9.35. The van der Waals surface area contributed by atoms with E-state index in [1.54, 1.807) is 19.2 Å². The van der Waals surface area contributed by atoms with Crippen molar-refractivity contribution in [2.45, 2.75) is 12.8 Å². The molecule has 2 aromatic rings. The smallest absolute Gasteiger partial charge is 0.318 e. The highest BCUT2D eigenvalue weighted by molar-refractivity contribution is 5.61. The third-order valence-corrected chi connectivity index (χ3v) is 3.48. The minimum atomic E-state index is 0.240. The molecule has 0 saturated heterocycles. The van der Waals surface area contributed by atoms with E-state index in [9.17, 15) is 5.11 Å². The van der Waals surface area contributed by atoms with Gasteiger partial charge in [-0.25, -0.2) is 0 Å². The SMILES string of the molecule is COc1nc2c(c(Nc3ccc(O)cc3)n1)CCNCC2. The molecule has 6 nitrogen and oxygen atoms in total.